The number of carbonyl (C=O) groups is 1. The second-order valence-corrected chi connectivity index (χ2v) is 5.88. The fourth-order valence-corrected chi connectivity index (χ4v) is 2.73. The van der Waals surface area contributed by atoms with Crippen LogP contribution in [0.15, 0.2) is 36.4 Å². The van der Waals surface area contributed by atoms with Crippen LogP contribution in [0.3, 0.4) is 0 Å². The predicted octanol–water partition coefficient (Wildman–Crippen LogP) is 4.86. The van der Waals surface area contributed by atoms with Crippen molar-refractivity contribution in [1.82, 2.24) is 0 Å². The van der Waals surface area contributed by atoms with Gasteiger partial charge in [-0.25, -0.2) is 0 Å². The van der Waals surface area contributed by atoms with Crippen molar-refractivity contribution in [3.05, 3.63) is 58.1 Å². The van der Waals surface area contributed by atoms with E-state index >= 15 is 0 Å². The van der Waals surface area contributed by atoms with E-state index in [1.54, 1.807) is 18.2 Å². The minimum atomic E-state index is -4.49. The van der Waals surface area contributed by atoms with Crippen LogP contribution in [0.2, 0.25) is 5.02 Å². The zero-order chi connectivity index (χ0) is 18.9. The maximum Gasteiger partial charge on any atom is 0.416 e. The third kappa shape index (κ3) is 3.53. The molecule has 0 saturated carbocycles. The van der Waals surface area contributed by atoms with Gasteiger partial charge < -0.3 is 10.1 Å². The molecule has 1 aliphatic rings. The summed E-state index contributed by atoms with van der Waals surface area (Å²) in [5.41, 5.74) is 0.334. The lowest BCUT2D eigenvalue weighted by Gasteiger charge is -2.09. The molecule has 0 unspecified atom stereocenters. The van der Waals surface area contributed by atoms with Crippen molar-refractivity contribution in [2.75, 3.05) is 11.9 Å². The Kier molecular flexibility index (Phi) is 4.66. The van der Waals surface area contributed by atoms with Crippen molar-refractivity contribution < 1.29 is 22.7 Å². The first-order chi connectivity index (χ1) is 12.3. The molecule has 7 heteroatoms. The monoisotopic (exact) mass is 377 g/mol. The van der Waals surface area contributed by atoms with Crippen LogP contribution in [0, 0.1) is 12.3 Å². The van der Waals surface area contributed by atoms with Gasteiger partial charge in [0.2, 0.25) is 0 Å². The molecule has 132 valence electrons. The number of carbonyl (C=O) groups excluding carboxylic acids is 1. The third-order valence-corrected chi connectivity index (χ3v) is 3.95. The predicted molar refractivity (Wildman–Crippen MR) is 93.7 cm³/mol. The van der Waals surface area contributed by atoms with Gasteiger partial charge in [-0.2, -0.15) is 13.2 Å². The van der Waals surface area contributed by atoms with Gasteiger partial charge in [0.1, 0.15) is 12.4 Å². The summed E-state index contributed by atoms with van der Waals surface area (Å²) in [7, 11) is 0. The highest BCUT2D eigenvalue weighted by molar-refractivity contribution is 6.35. The van der Waals surface area contributed by atoms with Gasteiger partial charge >= 0.3 is 6.18 Å². The molecule has 2 aromatic rings. The number of rotatable bonds is 3. The van der Waals surface area contributed by atoms with E-state index in [-0.39, 0.29) is 17.9 Å². The maximum atomic E-state index is 12.8. The van der Waals surface area contributed by atoms with Crippen LogP contribution in [0.25, 0.3) is 11.6 Å². The molecule has 0 saturated heterocycles. The van der Waals surface area contributed by atoms with Crippen LogP contribution in [-0.2, 0) is 11.0 Å². The van der Waals surface area contributed by atoms with Gasteiger partial charge in [-0.15, -0.1) is 6.42 Å². The number of nitrogens with one attached hydrogen (secondary N) is 1. The summed E-state index contributed by atoms with van der Waals surface area (Å²) in [4.78, 5) is 12.2. The molecule has 1 aliphatic heterocycles. The third-order valence-electron chi connectivity index (χ3n) is 3.71. The van der Waals surface area contributed by atoms with Gasteiger partial charge in [0.05, 0.1) is 5.56 Å². The van der Waals surface area contributed by atoms with E-state index in [2.05, 4.69) is 11.2 Å². The lowest BCUT2D eigenvalue weighted by atomic mass is 10.0. The molecule has 0 atom stereocenters. The number of hydrogen-bond donors (Lipinski definition) is 1. The molecule has 1 heterocycles. The average molecular weight is 378 g/mol. The molecule has 3 rings (SSSR count). The quantitative estimate of drug-likeness (QED) is 0.612. The number of halogens is 4. The minimum Gasteiger partial charge on any atom is -0.480 e. The van der Waals surface area contributed by atoms with Crippen LogP contribution in [-0.4, -0.2) is 12.5 Å². The van der Waals surface area contributed by atoms with Crippen LogP contribution in [0.5, 0.6) is 5.75 Å². The number of ether oxygens (including phenoxy) is 1. The molecule has 0 bridgehead atoms. The normalized spacial score (nSPS) is 14.7. The number of benzene rings is 2. The fraction of sp³-hybridized carbons (Fsp3) is 0.105. The molecule has 1 N–H and O–H groups in total. The molecule has 2 aromatic carbocycles. The van der Waals surface area contributed by atoms with Crippen LogP contribution >= 0.6 is 11.6 Å². The van der Waals surface area contributed by atoms with Crippen molar-refractivity contribution in [1.29, 1.82) is 0 Å². The lowest BCUT2D eigenvalue weighted by molar-refractivity contribution is -0.137. The molecule has 0 fully saturated rings. The zero-order valence-electron chi connectivity index (χ0n) is 13.2. The van der Waals surface area contributed by atoms with E-state index in [0.29, 0.717) is 21.9 Å². The molecule has 0 aliphatic carbocycles. The van der Waals surface area contributed by atoms with Crippen LogP contribution < -0.4 is 10.1 Å². The van der Waals surface area contributed by atoms with Gasteiger partial charge in [-0.05, 0) is 36.4 Å². The van der Waals surface area contributed by atoms with E-state index in [9.17, 15) is 18.0 Å². The highest BCUT2D eigenvalue weighted by atomic mass is 35.5. The Bertz CT molecular complexity index is 958. The standard InChI is InChI=1S/C19H11ClF3NO2/c1-2-7-26-17-6-4-13(20)8-11(17)9-15-14-5-3-12(19(21,22)23)10-16(14)24-18(15)25/h1,3-6,8-10H,7H2,(H,24,25)/b15-9-. The van der Waals surface area contributed by atoms with E-state index in [1.807, 2.05) is 0 Å². The second kappa shape index (κ2) is 6.77. The Morgan fingerprint density at radius 1 is 1.23 bits per heavy atom. The van der Waals surface area contributed by atoms with E-state index in [4.69, 9.17) is 22.8 Å². The minimum absolute atomic E-state index is 0.0233. The number of hydrogen-bond acceptors (Lipinski definition) is 2. The molecule has 1 amide bonds. The van der Waals surface area contributed by atoms with Gasteiger partial charge in [-0.3, -0.25) is 4.79 Å². The summed E-state index contributed by atoms with van der Waals surface area (Å²) in [6, 6.07) is 7.88. The Hall–Kier alpha value is -2.91. The summed E-state index contributed by atoms with van der Waals surface area (Å²) in [5.74, 6) is 2.23. The summed E-state index contributed by atoms with van der Waals surface area (Å²) < 4.78 is 43.9. The summed E-state index contributed by atoms with van der Waals surface area (Å²) in [6.45, 7) is 0.0233. The molecule has 0 spiro atoms. The van der Waals surface area contributed by atoms with Crippen molar-refractivity contribution >= 4 is 34.8 Å². The van der Waals surface area contributed by atoms with Crippen molar-refractivity contribution in [2.24, 2.45) is 0 Å². The van der Waals surface area contributed by atoms with Gasteiger partial charge in [0.25, 0.3) is 5.91 Å². The van der Waals surface area contributed by atoms with Gasteiger partial charge in [0, 0.05) is 27.4 Å². The van der Waals surface area contributed by atoms with Crippen molar-refractivity contribution in [3.8, 4) is 18.1 Å². The highest BCUT2D eigenvalue weighted by Crippen LogP contribution is 2.39. The number of amides is 1. The average Bonchev–Trinajstić information content (AvgIpc) is 2.88. The molecular weight excluding hydrogens is 367 g/mol. The zero-order valence-corrected chi connectivity index (χ0v) is 13.9. The summed E-state index contributed by atoms with van der Waals surface area (Å²) in [6.07, 6.45) is 2.20. The first-order valence-corrected chi connectivity index (χ1v) is 7.78. The SMILES string of the molecule is C#CCOc1ccc(Cl)cc1/C=C1\C(=O)Nc2cc(C(F)(F)F)ccc21. The number of terminal acetylenes is 1. The molecule has 26 heavy (non-hydrogen) atoms. The molecule has 0 radical (unpaired) electrons. The number of fused-ring (bicyclic) bond motifs is 1. The summed E-state index contributed by atoms with van der Waals surface area (Å²) in [5, 5.41) is 2.86. The Morgan fingerprint density at radius 2 is 2.00 bits per heavy atom. The second-order valence-electron chi connectivity index (χ2n) is 5.45. The van der Waals surface area contributed by atoms with Crippen molar-refractivity contribution in [3.63, 3.8) is 0 Å². The van der Waals surface area contributed by atoms with Gasteiger partial charge in [0.15, 0.2) is 0 Å². The first kappa shape index (κ1) is 17.9. The lowest BCUT2D eigenvalue weighted by Crippen LogP contribution is -2.06. The van der Waals surface area contributed by atoms with E-state index < -0.39 is 17.6 Å². The Balaban J connectivity index is 2.06. The molecule has 0 aromatic heterocycles. The highest BCUT2D eigenvalue weighted by Gasteiger charge is 2.33. The largest absolute Gasteiger partial charge is 0.480 e. The number of anilines is 1. The van der Waals surface area contributed by atoms with Crippen molar-refractivity contribution in [2.45, 2.75) is 6.18 Å². The summed E-state index contributed by atoms with van der Waals surface area (Å²) >= 11 is 5.99. The molecular formula is C19H11ClF3NO2. The van der Waals surface area contributed by atoms with Crippen LogP contribution in [0.1, 0.15) is 16.7 Å². The van der Waals surface area contributed by atoms with E-state index in [0.717, 1.165) is 12.1 Å². The number of alkyl halides is 3. The first-order valence-electron chi connectivity index (χ1n) is 7.40. The Labute approximate surface area is 152 Å². The Morgan fingerprint density at radius 3 is 2.69 bits per heavy atom. The van der Waals surface area contributed by atoms with Gasteiger partial charge in [-0.1, -0.05) is 23.6 Å². The van der Waals surface area contributed by atoms with Crippen LogP contribution in [0.4, 0.5) is 18.9 Å². The van der Waals surface area contributed by atoms with E-state index in [1.165, 1.54) is 12.1 Å². The smallest absolute Gasteiger partial charge is 0.416 e. The maximum absolute atomic E-state index is 12.8. The molecule has 3 nitrogen and oxygen atoms in total. The fourth-order valence-electron chi connectivity index (χ4n) is 2.55. The topological polar surface area (TPSA) is 38.3 Å².